The maximum Gasteiger partial charge on any atom is 0.490 e. The number of carboxylic acids is 1. The van der Waals surface area contributed by atoms with E-state index in [0.717, 1.165) is 24.8 Å². The maximum atomic E-state index is 13.1. The fourth-order valence-electron chi connectivity index (χ4n) is 5.49. The van der Waals surface area contributed by atoms with E-state index in [1.165, 1.54) is 5.56 Å². The first-order valence-corrected chi connectivity index (χ1v) is 16.2. The van der Waals surface area contributed by atoms with Gasteiger partial charge in [-0.2, -0.15) is 13.2 Å². The molecular weight excluding hydrogens is 647 g/mol. The molecule has 0 radical (unpaired) electrons. The molecular formula is C35H44F3N3O8. The molecule has 1 saturated carbocycles. The summed E-state index contributed by atoms with van der Waals surface area (Å²) in [5.74, 6) is -3.39. The van der Waals surface area contributed by atoms with Crippen molar-refractivity contribution >= 4 is 29.8 Å². The first-order chi connectivity index (χ1) is 23.1. The molecule has 2 aromatic rings. The summed E-state index contributed by atoms with van der Waals surface area (Å²) in [5, 5.41) is 15.9. The molecule has 4 N–H and O–H groups in total. The normalized spacial score (nSPS) is 22.8. The van der Waals surface area contributed by atoms with Crippen LogP contribution in [0.1, 0.15) is 64.5 Å². The van der Waals surface area contributed by atoms with Crippen molar-refractivity contribution in [3.63, 3.8) is 0 Å². The lowest BCUT2D eigenvalue weighted by Gasteiger charge is -2.46. The molecule has 1 saturated heterocycles. The van der Waals surface area contributed by atoms with Gasteiger partial charge in [0.25, 0.3) is 5.91 Å². The number of carboxylic acid groups (broad SMARTS) is 1. The average molecular weight is 692 g/mol. The highest BCUT2D eigenvalue weighted by Crippen LogP contribution is 2.45. The van der Waals surface area contributed by atoms with Gasteiger partial charge in [0.15, 0.2) is 6.10 Å². The highest BCUT2D eigenvalue weighted by molar-refractivity contribution is 5.97. The summed E-state index contributed by atoms with van der Waals surface area (Å²) in [6.07, 6.45) is -2.77. The Morgan fingerprint density at radius 2 is 1.57 bits per heavy atom. The number of alkyl halides is 3. The van der Waals surface area contributed by atoms with Crippen molar-refractivity contribution in [1.29, 1.82) is 0 Å². The molecule has 1 heterocycles. The van der Waals surface area contributed by atoms with Gasteiger partial charge in [-0.15, -0.1) is 0 Å². The largest absolute Gasteiger partial charge is 0.490 e. The lowest BCUT2D eigenvalue weighted by molar-refractivity contribution is -0.213. The number of nitrogens with one attached hydrogen (secondary N) is 3. The van der Waals surface area contributed by atoms with Crippen LogP contribution < -0.4 is 16.0 Å². The van der Waals surface area contributed by atoms with Crippen LogP contribution in [0.15, 0.2) is 60.7 Å². The summed E-state index contributed by atoms with van der Waals surface area (Å²) in [6.45, 7) is 7.53. The predicted octanol–water partition coefficient (Wildman–Crippen LogP) is 4.92. The zero-order valence-corrected chi connectivity index (χ0v) is 27.9. The zero-order valence-electron chi connectivity index (χ0n) is 27.9. The van der Waals surface area contributed by atoms with Crippen LogP contribution in [0.4, 0.5) is 18.0 Å². The van der Waals surface area contributed by atoms with Crippen molar-refractivity contribution in [3.05, 3.63) is 71.8 Å². The number of aryl methyl sites for hydroxylation is 1. The van der Waals surface area contributed by atoms with Gasteiger partial charge in [-0.05, 0) is 62.5 Å². The Kier molecular flexibility index (Phi) is 13.6. The molecule has 11 nitrogen and oxygen atoms in total. The van der Waals surface area contributed by atoms with Crippen LogP contribution in [0.2, 0.25) is 0 Å². The van der Waals surface area contributed by atoms with Crippen LogP contribution in [0, 0.1) is 17.3 Å². The van der Waals surface area contributed by atoms with Gasteiger partial charge in [0.05, 0.1) is 0 Å². The summed E-state index contributed by atoms with van der Waals surface area (Å²) < 4.78 is 42.3. The molecule has 268 valence electrons. The van der Waals surface area contributed by atoms with E-state index in [1.54, 1.807) is 6.92 Å². The van der Waals surface area contributed by atoms with Crippen LogP contribution in [0.25, 0.3) is 0 Å². The molecule has 2 fully saturated rings. The van der Waals surface area contributed by atoms with Crippen molar-refractivity contribution in [2.45, 2.75) is 96.8 Å². The number of benzene rings is 2. The van der Waals surface area contributed by atoms with Gasteiger partial charge in [-0.25, -0.2) is 9.59 Å². The molecule has 4 rings (SSSR count). The second-order valence-electron chi connectivity index (χ2n) is 12.7. The zero-order chi connectivity index (χ0) is 36.4. The van der Waals surface area contributed by atoms with Gasteiger partial charge in [0.1, 0.15) is 18.1 Å². The van der Waals surface area contributed by atoms with Gasteiger partial charge in [-0.1, -0.05) is 80.9 Å². The Morgan fingerprint density at radius 3 is 2.10 bits per heavy atom. The first-order valence-electron chi connectivity index (χ1n) is 16.2. The maximum absolute atomic E-state index is 13.1. The SMILES string of the molecule is CC[C@H](C)[C@]1(C)C(=O)O[C@H]1C(=O)N[C@H]1C[C@H]1CC(CCc1ccccc1)NC(=O)[C@H](C)NC(=O)OCc1ccccc1.O=C(O)C(F)(F)F. The molecule has 14 heteroatoms. The van der Waals surface area contributed by atoms with E-state index in [4.69, 9.17) is 19.4 Å². The van der Waals surface area contributed by atoms with Crippen molar-refractivity contribution in [1.82, 2.24) is 16.0 Å². The molecule has 2 aliphatic rings. The van der Waals surface area contributed by atoms with Gasteiger partial charge in [0.2, 0.25) is 5.91 Å². The molecule has 0 bridgehead atoms. The predicted molar refractivity (Wildman–Crippen MR) is 172 cm³/mol. The fourth-order valence-corrected chi connectivity index (χ4v) is 5.49. The minimum Gasteiger partial charge on any atom is -0.475 e. The number of carbonyl (C=O) groups is 5. The van der Waals surface area contributed by atoms with E-state index >= 15 is 0 Å². The minimum absolute atomic E-state index is 0.0300. The van der Waals surface area contributed by atoms with Crippen LogP contribution in [-0.2, 0) is 41.7 Å². The average Bonchev–Trinajstić information content (AvgIpc) is 3.81. The Labute approximate surface area is 283 Å². The van der Waals surface area contributed by atoms with E-state index in [-0.39, 0.29) is 48.3 Å². The lowest BCUT2D eigenvalue weighted by Crippen LogP contribution is -2.64. The van der Waals surface area contributed by atoms with Gasteiger partial charge in [-0.3, -0.25) is 14.4 Å². The third kappa shape index (κ3) is 11.2. The number of hydrogen-bond donors (Lipinski definition) is 4. The summed E-state index contributed by atoms with van der Waals surface area (Å²) in [4.78, 5) is 59.5. The molecule has 1 unspecified atom stereocenters. The number of hydrogen-bond acceptors (Lipinski definition) is 7. The topological polar surface area (TPSA) is 160 Å². The number of amides is 3. The van der Waals surface area contributed by atoms with Crippen molar-refractivity contribution in [2.24, 2.45) is 17.3 Å². The number of aliphatic carboxylic acids is 1. The Balaban J connectivity index is 0.000000838. The quantitative estimate of drug-likeness (QED) is 0.203. The molecule has 1 aliphatic carbocycles. The van der Waals surface area contributed by atoms with E-state index in [0.29, 0.717) is 12.8 Å². The number of carbonyl (C=O) groups excluding carboxylic acids is 4. The smallest absolute Gasteiger partial charge is 0.475 e. The van der Waals surface area contributed by atoms with Crippen molar-refractivity contribution in [2.75, 3.05) is 0 Å². The molecule has 1 aliphatic heterocycles. The molecule has 0 aromatic heterocycles. The third-order valence-electron chi connectivity index (χ3n) is 9.07. The van der Waals surface area contributed by atoms with E-state index in [2.05, 4.69) is 28.1 Å². The number of alkyl carbamates (subject to hydrolysis) is 1. The number of esters is 1. The summed E-state index contributed by atoms with van der Waals surface area (Å²) >= 11 is 0. The van der Waals surface area contributed by atoms with Gasteiger partial charge < -0.3 is 30.5 Å². The Bertz CT molecular complexity index is 1440. The Morgan fingerprint density at radius 1 is 1.00 bits per heavy atom. The highest BCUT2D eigenvalue weighted by Gasteiger charge is 2.61. The van der Waals surface area contributed by atoms with Crippen LogP contribution >= 0.6 is 0 Å². The van der Waals surface area contributed by atoms with Crippen LogP contribution in [0.3, 0.4) is 0 Å². The first kappa shape index (κ1) is 38.8. The summed E-state index contributed by atoms with van der Waals surface area (Å²) in [5.41, 5.74) is 1.22. The van der Waals surface area contributed by atoms with Crippen molar-refractivity contribution in [3.8, 4) is 0 Å². The molecule has 7 atom stereocenters. The molecule has 49 heavy (non-hydrogen) atoms. The van der Waals surface area contributed by atoms with E-state index in [9.17, 15) is 32.3 Å². The van der Waals surface area contributed by atoms with E-state index < -0.39 is 35.8 Å². The summed E-state index contributed by atoms with van der Waals surface area (Å²) in [6, 6.07) is 18.4. The monoisotopic (exact) mass is 691 g/mol. The molecule has 3 amide bonds. The van der Waals surface area contributed by atoms with Gasteiger partial charge in [0, 0.05) is 12.1 Å². The Hall–Kier alpha value is -4.62. The molecule has 0 spiro atoms. The van der Waals surface area contributed by atoms with Crippen molar-refractivity contribution < 1.29 is 51.7 Å². The van der Waals surface area contributed by atoms with Gasteiger partial charge >= 0.3 is 24.2 Å². The number of halogens is 3. The summed E-state index contributed by atoms with van der Waals surface area (Å²) in [7, 11) is 0. The second-order valence-corrected chi connectivity index (χ2v) is 12.7. The lowest BCUT2D eigenvalue weighted by atomic mass is 9.68. The van der Waals surface area contributed by atoms with Crippen LogP contribution in [0.5, 0.6) is 0 Å². The second kappa shape index (κ2) is 17.2. The number of rotatable bonds is 14. The van der Waals surface area contributed by atoms with Crippen LogP contribution in [-0.4, -0.2) is 65.4 Å². The highest BCUT2D eigenvalue weighted by atomic mass is 19.4. The molecule has 2 aromatic carbocycles. The standard InChI is InChI=1S/C33H43N3O6.C2HF3O2/c1-5-21(2)33(4)28(42-31(33)39)30(38)36-27-19-25(27)18-26(17-16-23-12-8-6-9-13-23)35-29(37)22(3)34-32(40)41-20-24-14-10-7-11-15-24;3-2(4,5)1(6)7/h6-15,21-22,25-28H,5,16-20H2,1-4H3,(H,34,40)(H,35,37)(H,36,38);(H,6,7)/t21-,22-,25+,26?,27-,28-,33-;/m0./s1. The third-order valence-corrected chi connectivity index (χ3v) is 9.07. The number of ether oxygens (including phenoxy) is 2. The number of cyclic esters (lactones) is 1. The van der Waals surface area contributed by atoms with E-state index in [1.807, 2.05) is 69.3 Å². The minimum atomic E-state index is -5.08. The fraction of sp³-hybridized carbons (Fsp3) is 0.514.